The van der Waals surface area contributed by atoms with Crippen LogP contribution in [0.3, 0.4) is 0 Å². The molecule has 0 amide bonds. The van der Waals surface area contributed by atoms with Crippen molar-refractivity contribution < 1.29 is 0 Å². The van der Waals surface area contributed by atoms with Crippen LogP contribution in [-0.2, 0) is 14.1 Å². The van der Waals surface area contributed by atoms with Gasteiger partial charge in [-0.1, -0.05) is 115 Å². The summed E-state index contributed by atoms with van der Waals surface area (Å²) >= 11 is 0. The smallest absolute Gasteiger partial charge is 0.295 e. The van der Waals surface area contributed by atoms with Crippen LogP contribution in [0.25, 0.3) is 78.0 Å². The molecule has 46 heavy (non-hydrogen) atoms. The standard InChI is InChI=1S/C41H30N4O/c1-44-38-22-21-34(25-39(38)45(2)41(44)46)28-15-18-29(19-16-28)36-26-37(43-40(42-36)30-10-4-3-5-11-30)35-14-8-13-32(24-35)33-20-17-27-9-6-7-12-31(27)23-33/h3-26H,1-2H3. The molecular formula is C41H30N4O. The largest absolute Gasteiger partial charge is 0.328 e. The lowest BCUT2D eigenvalue weighted by Gasteiger charge is -2.11. The molecule has 6 aromatic carbocycles. The van der Waals surface area contributed by atoms with Crippen LogP contribution in [0.2, 0.25) is 0 Å². The molecule has 0 radical (unpaired) electrons. The maximum absolute atomic E-state index is 12.4. The number of benzene rings is 6. The Morgan fingerprint density at radius 2 is 0.978 bits per heavy atom. The molecule has 8 aromatic rings. The van der Waals surface area contributed by atoms with Crippen molar-refractivity contribution in [2.24, 2.45) is 14.1 Å². The highest BCUT2D eigenvalue weighted by Gasteiger charge is 2.13. The molecule has 0 atom stereocenters. The van der Waals surface area contributed by atoms with Gasteiger partial charge < -0.3 is 0 Å². The molecule has 8 rings (SSSR count). The van der Waals surface area contributed by atoms with Crippen LogP contribution in [-0.4, -0.2) is 19.1 Å². The number of nitrogens with zero attached hydrogens (tertiary/aromatic N) is 4. The van der Waals surface area contributed by atoms with E-state index in [1.807, 2.05) is 43.4 Å². The summed E-state index contributed by atoms with van der Waals surface area (Å²) in [6, 6.07) is 50.4. The number of hydrogen-bond acceptors (Lipinski definition) is 3. The summed E-state index contributed by atoms with van der Waals surface area (Å²) in [4.78, 5) is 22.5. The van der Waals surface area contributed by atoms with Gasteiger partial charge in [-0.3, -0.25) is 9.13 Å². The van der Waals surface area contributed by atoms with Crippen molar-refractivity contribution in [2.75, 3.05) is 0 Å². The van der Waals surface area contributed by atoms with Crippen molar-refractivity contribution in [2.45, 2.75) is 0 Å². The van der Waals surface area contributed by atoms with Crippen LogP contribution in [0.15, 0.2) is 150 Å². The minimum atomic E-state index is -0.0286. The zero-order valence-corrected chi connectivity index (χ0v) is 25.6. The van der Waals surface area contributed by atoms with E-state index in [0.717, 1.165) is 55.8 Å². The molecule has 0 unspecified atom stereocenters. The number of rotatable bonds is 5. The van der Waals surface area contributed by atoms with E-state index in [2.05, 4.69) is 109 Å². The fourth-order valence-electron chi connectivity index (χ4n) is 6.21. The Morgan fingerprint density at radius 1 is 0.413 bits per heavy atom. The zero-order chi connectivity index (χ0) is 31.2. The van der Waals surface area contributed by atoms with Crippen molar-refractivity contribution in [3.8, 4) is 56.2 Å². The molecule has 0 saturated heterocycles. The van der Waals surface area contributed by atoms with Gasteiger partial charge in [-0.15, -0.1) is 0 Å². The Bertz CT molecular complexity index is 2460. The van der Waals surface area contributed by atoms with Gasteiger partial charge in [0.1, 0.15) is 0 Å². The molecule has 0 spiro atoms. The second-order valence-electron chi connectivity index (χ2n) is 11.7. The Morgan fingerprint density at radius 3 is 1.78 bits per heavy atom. The summed E-state index contributed by atoms with van der Waals surface area (Å²) in [7, 11) is 3.62. The van der Waals surface area contributed by atoms with E-state index in [4.69, 9.17) is 9.97 Å². The quantitative estimate of drug-likeness (QED) is 0.200. The third-order valence-corrected chi connectivity index (χ3v) is 8.79. The minimum Gasteiger partial charge on any atom is -0.295 e. The summed E-state index contributed by atoms with van der Waals surface area (Å²) in [6.45, 7) is 0. The van der Waals surface area contributed by atoms with Crippen LogP contribution in [0, 0.1) is 0 Å². The molecule has 5 heteroatoms. The van der Waals surface area contributed by atoms with Crippen LogP contribution >= 0.6 is 0 Å². The van der Waals surface area contributed by atoms with Crippen molar-refractivity contribution in [3.05, 3.63) is 156 Å². The average molecular weight is 595 g/mol. The van der Waals surface area contributed by atoms with Crippen molar-refractivity contribution in [1.29, 1.82) is 0 Å². The highest BCUT2D eigenvalue weighted by molar-refractivity contribution is 5.88. The van der Waals surface area contributed by atoms with Crippen molar-refractivity contribution in [3.63, 3.8) is 0 Å². The third kappa shape index (κ3) is 4.88. The van der Waals surface area contributed by atoms with E-state index in [1.165, 1.54) is 16.3 Å². The molecule has 220 valence electrons. The first-order chi connectivity index (χ1) is 22.5. The minimum absolute atomic E-state index is 0.0286. The van der Waals surface area contributed by atoms with Gasteiger partial charge in [0.05, 0.1) is 22.4 Å². The fourth-order valence-corrected chi connectivity index (χ4v) is 6.21. The van der Waals surface area contributed by atoms with Gasteiger partial charge >= 0.3 is 5.69 Å². The van der Waals surface area contributed by atoms with Crippen LogP contribution in [0.5, 0.6) is 0 Å². The normalized spacial score (nSPS) is 11.3. The Labute approximate surface area is 266 Å². The molecule has 0 aliphatic rings. The van der Waals surface area contributed by atoms with E-state index < -0.39 is 0 Å². The molecule has 0 aliphatic heterocycles. The molecule has 5 nitrogen and oxygen atoms in total. The molecule has 0 N–H and O–H groups in total. The van der Waals surface area contributed by atoms with Crippen LogP contribution in [0.4, 0.5) is 0 Å². The predicted octanol–water partition coefficient (Wildman–Crippen LogP) is 9.16. The number of imidazole rings is 1. The van der Waals surface area contributed by atoms with Gasteiger partial charge in [-0.25, -0.2) is 14.8 Å². The number of aromatic nitrogens is 4. The number of fused-ring (bicyclic) bond motifs is 2. The zero-order valence-electron chi connectivity index (χ0n) is 25.6. The van der Waals surface area contributed by atoms with Gasteiger partial charge in [0.25, 0.3) is 0 Å². The molecule has 2 aromatic heterocycles. The van der Waals surface area contributed by atoms with Gasteiger partial charge in [-0.05, 0) is 63.4 Å². The summed E-state index contributed by atoms with van der Waals surface area (Å²) in [5.41, 5.74) is 11.0. The molecule has 0 bridgehead atoms. The molecule has 0 fully saturated rings. The summed E-state index contributed by atoms with van der Waals surface area (Å²) < 4.78 is 3.37. The highest BCUT2D eigenvalue weighted by atomic mass is 16.1. The van der Waals surface area contributed by atoms with Crippen molar-refractivity contribution >= 4 is 21.8 Å². The number of aryl methyl sites for hydroxylation is 2. The molecule has 0 saturated carbocycles. The van der Waals surface area contributed by atoms with Gasteiger partial charge in [0, 0.05) is 30.8 Å². The fraction of sp³-hybridized carbons (Fsp3) is 0.0488. The first kappa shape index (κ1) is 27.5. The third-order valence-electron chi connectivity index (χ3n) is 8.79. The van der Waals surface area contributed by atoms with Crippen molar-refractivity contribution in [1.82, 2.24) is 19.1 Å². The Kier molecular flexibility index (Phi) is 6.65. The maximum Gasteiger partial charge on any atom is 0.328 e. The van der Waals surface area contributed by atoms with Crippen LogP contribution in [0.1, 0.15) is 0 Å². The Balaban J connectivity index is 1.20. The Hall–Kier alpha value is -6.07. The lowest BCUT2D eigenvalue weighted by molar-refractivity contribution is 0.795. The lowest BCUT2D eigenvalue weighted by atomic mass is 9.98. The maximum atomic E-state index is 12.4. The molecule has 2 heterocycles. The van der Waals surface area contributed by atoms with Gasteiger partial charge in [-0.2, -0.15) is 0 Å². The summed E-state index contributed by atoms with van der Waals surface area (Å²) in [5.74, 6) is 0.684. The second kappa shape index (κ2) is 11.1. The second-order valence-corrected chi connectivity index (χ2v) is 11.7. The molecule has 0 aliphatic carbocycles. The van der Waals surface area contributed by atoms with E-state index in [-0.39, 0.29) is 5.69 Å². The summed E-state index contributed by atoms with van der Waals surface area (Å²) in [6.07, 6.45) is 0. The van der Waals surface area contributed by atoms with Crippen LogP contribution < -0.4 is 5.69 Å². The van der Waals surface area contributed by atoms with E-state index in [1.54, 1.807) is 16.2 Å². The monoisotopic (exact) mass is 594 g/mol. The van der Waals surface area contributed by atoms with Gasteiger partial charge in [0.15, 0.2) is 5.82 Å². The first-order valence-corrected chi connectivity index (χ1v) is 15.3. The summed E-state index contributed by atoms with van der Waals surface area (Å²) in [5, 5.41) is 2.45. The molecular weight excluding hydrogens is 564 g/mol. The van der Waals surface area contributed by atoms with Gasteiger partial charge in [0.2, 0.25) is 0 Å². The van der Waals surface area contributed by atoms with E-state index in [9.17, 15) is 4.79 Å². The topological polar surface area (TPSA) is 52.7 Å². The van der Waals surface area contributed by atoms with E-state index >= 15 is 0 Å². The average Bonchev–Trinajstić information content (AvgIpc) is 3.34. The highest BCUT2D eigenvalue weighted by Crippen LogP contribution is 2.32. The van der Waals surface area contributed by atoms with E-state index in [0.29, 0.717) is 5.82 Å². The SMILES string of the molecule is Cn1c(=O)n(C)c2cc(-c3ccc(-c4cc(-c5cccc(-c6ccc7ccccc7c6)c5)nc(-c5ccccc5)n4)cc3)ccc21. The lowest BCUT2D eigenvalue weighted by Crippen LogP contribution is -2.19. The first-order valence-electron chi connectivity index (χ1n) is 15.3. The number of hydrogen-bond donors (Lipinski definition) is 0. The predicted molar refractivity (Wildman–Crippen MR) is 188 cm³/mol.